The fourth-order valence-corrected chi connectivity index (χ4v) is 3.01. The van der Waals surface area contributed by atoms with Crippen LogP contribution in [0.25, 0.3) is 11.0 Å². The Morgan fingerprint density at radius 2 is 1.85 bits per heavy atom. The van der Waals surface area contributed by atoms with Gasteiger partial charge in [-0.25, -0.2) is 4.79 Å². The van der Waals surface area contributed by atoms with Crippen molar-refractivity contribution in [3.63, 3.8) is 0 Å². The summed E-state index contributed by atoms with van der Waals surface area (Å²) in [4.78, 5) is 11.8. The van der Waals surface area contributed by atoms with Gasteiger partial charge in [0.25, 0.3) is 0 Å². The van der Waals surface area contributed by atoms with Gasteiger partial charge in [0, 0.05) is 24.1 Å². The molecule has 0 bridgehead atoms. The molecule has 0 aliphatic carbocycles. The summed E-state index contributed by atoms with van der Waals surface area (Å²) in [6, 6.07) is 15.9. The van der Waals surface area contributed by atoms with Gasteiger partial charge in [0.05, 0.1) is 7.11 Å². The molecule has 26 heavy (non-hydrogen) atoms. The van der Waals surface area contributed by atoms with Crippen LogP contribution in [0.4, 0.5) is 0 Å². The van der Waals surface area contributed by atoms with Crippen LogP contribution in [0.1, 0.15) is 36.5 Å². The average Bonchev–Trinajstić information content (AvgIpc) is 2.64. The van der Waals surface area contributed by atoms with Crippen LogP contribution in [-0.4, -0.2) is 13.7 Å². The SMILES string of the molecule is COc1ccc2c(CNCCc3ccc(C(C)C)cc3)cc(=O)oc2c1. The van der Waals surface area contributed by atoms with E-state index >= 15 is 0 Å². The first-order chi connectivity index (χ1) is 12.6. The minimum absolute atomic E-state index is 0.341. The summed E-state index contributed by atoms with van der Waals surface area (Å²) < 4.78 is 10.5. The van der Waals surface area contributed by atoms with Crippen LogP contribution >= 0.6 is 0 Å². The third-order valence-electron chi connectivity index (χ3n) is 4.59. The van der Waals surface area contributed by atoms with Crippen LogP contribution in [0.2, 0.25) is 0 Å². The van der Waals surface area contributed by atoms with Gasteiger partial charge in [-0.15, -0.1) is 0 Å². The summed E-state index contributed by atoms with van der Waals surface area (Å²) in [5, 5.41) is 4.35. The molecule has 0 aliphatic rings. The van der Waals surface area contributed by atoms with E-state index in [2.05, 4.69) is 43.4 Å². The van der Waals surface area contributed by atoms with E-state index in [9.17, 15) is 4.79 Å². The van der Waals surface area contributed by atoms with Crippen LogP contribution < -0.4 is 15.7 Å². The minimum Gasteiger partial charge on any atom is -0.497 e. The molecule has 0 fully saturated rings. The molecule has 0 aliphatic heterocycles. The van der Waals surface area contributed by atoms with Crippen molar-refractivity contribution in [1.82, 2.24) is 5.32 Å². The highest BCUT2D eigenvalue weighted by atomic mass is 16.5. The summed E-state index contributed by atoms with van der Waals surface area (Å²) in [7, 11) is 1.60. The lowest BCUT2D eigenvalue weighted by Crippen LogP contribution is -2.18. The third kappa shape index (κ3) is 4.33. The number of hydrogen-bond donors (Lipinski definition) is 1. The van der Waals surface area contributed by atoms with Crippen LogP contribution in [0.5, 0.6) is 5.75 Å². The highest BCUT2D eigenvalue weighted by Crippen LogP contribution is 2.22. The van der Waals surface area contributed by atoms with Crippen LogP contribution in [-0.2, 0) is 13.0 Å². The van der Waals surface area contributed by atoms with Crippen molar-refractivity contribution in [2.75, 3.05) is 13.7 Å². The molecule has 136 valence electrons. The first-order valence-electron chi connectivity index (χ1n) is 8.97. The summed E-state index contributed by atoms with van der Waals surface area (Å²) in [5.74, 6) is 1.23. The topological polar surface area (TPSA) is 51.5 Å². The zero-order valence-electron chi connectivity index (χ0n) is 15.5. The molecule has 1 aromatic heterocycles. The van der Waals surface area contributed by atoms with E-state index in [-0.39, 0.29) is 5.63 Å². The van der Waals surface area contributed by atoms with Crippen molar-refractivity contribution in [3.05, 3.63) is 75.6 Å². The van der Waals surface area contributed by atoms with Crippen LogP contribution in [0, 0.1) is 0 Å². The highest BCUT2D eigenvalue weighted by molar-refractivity contribution is 5.81. The molecule has 0 saturated carbocycles. The van der Waals surface area contributed by atoms with Gasteiger partial charge in [0.15, 0.2) is 0 Å². The highest BCUT2D eigenvalue weighted by Gasteiger charge is 2.07. The molecule has 2 aromatic carbocycles. The van der Waals surface area contributed by atoms with Crippen molar-refractivity contribution in [2.24, 2.45) is 0 Å². The number of nitrogens with one attached hydrogen (secondary N) is 1. The second kappa shape index (κ2) is 8.19. The van der Waals surface area contributed by atoms with Gasteiger partial charge in [-0.3, -0.25) is 0 Å². The Hall–Kier alpha value is -2.59. The lowest BCUT2D eigenvalue weighted by Gasteiger charge is -2.09. The number of hydrogen-bond acceptors (Lipinski definition) is 4. The summed E-state index contributed by atoms with van der Waals surface area (Å²) in [5.41, 5.74) is 3.82. The molecule has 0 spiro atoms. The number of methoxy groups -OCH3 is 1. The van der Waals surface area contributed by atoms with Gasteiger partial charge >= 0.3 is 5.63 Å². The monoisotopic (exact) mass is 351 g/mol. The molecule has 1 heterocycles. The first-order valence-corrected chi connectivity index (χ1v) is 8.97. The molecule has 1 N–H and O–H groups in total. The fourth-order valence-electron chi connectivity index (χ4n) is 3.01. The van der Waals surface area contributed by atoms with Crippen molar-refractivity contribution < 1.29 is 9.15 Å². The Kier molecular flexibility index (Phi) is 5.74. The van der Waals surface area contributed by atoms with Gasteiger partial charge in [-0.2, -0.15) is 0 Å². The van der Waals surface area contributed by atoms with E-state index in [1.54, 1.807) is 19.2 Å². The van der Waals surface area contributed by atoms with E-state index in [1.165, 1.54) is 11.1 Å². The molecule has 0 saturated heterocycles. The maximum Gasteiger partial charge on any atom is 0.336 e. The van der Waals surface area contributed by atoms with E-state index in [0.717, 1.165) is 23.9 Å². The quantitative estimate of drug-likeness (QED) is 0.510. The first kappa shape index (κ1) is 18.2. The molecule has 3 rings (SSSR count). The second-order valence-electron chi connectivity index (χ2n) is 6.78. The number of ether oxygens (including phenoxy) is 1. The maximum absolute atomic E-state index is 11.8. The molecule has 0 amide bonds. The van der Waals surface area contributed by atoms with E-state index in [0.29, 0.717) is 23.8 Å². The molecule has 3 aromatic rings. The summed E-state index contributed by atoms with van der Waals surface area (Å²) in [6.45, 7) is 5.87. The molecular weight excluding hydrogens is 326 g/mol. The Labute approximate surface area is 153 Å². The Balaban J connectivity index is 1.63. The smallest absolute Gasteiger partial charge is 0.336 e. The number of rotatable bonds is 7. The normalized spacial score (nSPS) is 11.2. The number of benzene rings is 2. The zero-order chi connectivity index (χ0) is 18.5. The van der Waals surface area contributed by atoms with E-state index in [4.69, 9.17) is 9.15 Å². The summed E-state index contributed by atoms with van der Waals surface area (Å²) >= 11 is 0. The molecular formula is C22H25NO3. The summed E-state index contributed by atoms with van der Waals surface area (Å²) in [6.07, 6.45) is 0.950. The minimum atomic E-state index is -0.341. The largest absolute Gasteiger partial charge is 0.497 e. The van der Waals surface area contributed by atoms with Crippen molar-refractivity contribution in [2.45, 2.75) is 32.7 Å². The fraction of sp³-hybridized carbons (Fsp3) is 0.318. The van der Waals surface area contributed by atoms with Crippen molar-refractivity contribution in [3.8, 4) is 5.75 Å². The zero-order valence-corrected chi connectivity index (χ0v) is 15.5. The average molecular weight is 351 g/mol. The van der Waals surface area contributed by atoms with E-state index in [1.807, 2.05) is 12.1 Å². The van der Waals surface area contributed by atoms with Crippen molar-refractivity contribution >= 4 is 11.0 Å². The van der Waals surface area contributed by atoms with E-state index < -0.39 is 0 Å². The Morgan fingerprint density at radius 1 is 1.08 bits per heavy atom. The molecule has 0 unspecified atom stereocenters. The van der Waals surface area contributed by atoms with Crippen LogP contribution in [0.3, 0.4) is 0 Å². The predicted octanol–water partition coefficient (Wildman–Crippen LogP) is 4.26. The van der Waals surface area contributed by atoms with Gasteiger partial charge < -0.3 is 14.5 Å². The lowest BCUT2D eigenvalue weighted by atomic mass is 10.0. The van der Waals surface area contributed by atoms with Gasteiger partial charge in [0.1, 0.15) is 11.3 Å². The van der Waals surface area contributed by atoms with Gasteiger partial charge in [-0.1, -0.05) is 38.1 Å². The Morgan fingerprint density at radius 3 is 2.54 bits per heavy atom. The standard InChI is InChI=1S/C22H25NO3/c1-15(2)17-6-4-16(5-7-17)10-11-23-14-18-12-22(24)26-21-13-19(25-3)8-9-20(18)21/h4-9,12-13,15,23H,10-11,14H2,1-3H3. The predicted molar refractivity (Wildman–Crippen MR) is 105 cm³/mol. The Bertz CT molecular complexity index is 926. The second-order valence-corrected chi connectivity index (χ2v) is 6.78. The molecule has 4 nitrogen and oxygen atoms in total. The lowest BCUT2D eigenvalue weighted by molar-refractivity contribution is 0.414. The van der Waals surface area contributed by atoms with Crippen molar-refractivity contribution in [1.29, 1.82) is 0 Å². The molecule has 4 heteroatoms. The molecule has 0 radical (unpaired) electrons. The van der Waals surface area contributed by atoms with Gasteiger partial charge in [-0.05, 0) is 47.7 Å². The maximum atomic E-state index is 11.8. The third-order valence-corrected chi connectivity index (χ3v) is 4.59. The van der Waals surface area contributed by atoms with Gasteiger partial charge in [0.2, 0.25) is 0 Å². The number of fused-ring (bicyclic) bond motifs is 1. The molecule has 0 atom stereocenters. The van der Waals surface area contributed by atoms with Crippen LogP contribution in [0.15, 0.2) is 57.7 Å².